The molecule has 3 aliphatic carbocycles. The van der Waals surface area contributed by atoms with Crippen LogP contribution in [-0.4, -0.2) is 0 Å². The number of hydrogen-bond donors (Lipinski definition) is 0. The van der Waals surface area contributed by atoms with E-state index in [-0.39, 0.29) is 5.41 Å². The average molecular weight is 194 g/mol. The fraction of sp³-hybridized carbons (Fsp3) is 0.200. The predicted molar refractivity (Wildman–Crippen MR) is 61.7 cm³/mol. The number of hydrogen-bond acceptors (Lipinski definition) is 0. The first kappa shape index (κ1) is 9.93. The molecule has 0 unspecified atom stereocenters. The van der Waals surface area contributed by atoms with Crippen LogP contribution in [0, 0.1) is 68.6 Å². The molecule has 10 radical (unpaired) electrons. The van der Waals surface area contributed by atoms with Gasteiger partial charge in [0.05, 0.1) is 0 Å². The van der Waals surface area contributed by atoms with Gasteiger partial charge < -0.3 is 0 Å². The van der Waals surface area contributed by atoms with Crippen molar-refractivity contribution in [2.45, 2.75) is 13.8 Å². The minimum Gasteiger partial charge on any atom is -0.0523 e. The van der Waals surface area contributed by atoms with Crippen molar-refractivity contribution in [2.24, 2.45) is 5.41 Å². The Kier molecular flexibility index (Phi) is 2.23. The molecule has 3 rings (SSSR count). The van der Waals surface area contributed by atoms with Crippen LogP contribution in [0.1, 0.15) is 13.8 Å². The molecule has 0 bridgehead atoms. The van der Waals surface area contributed by atoms with Crippen LogP contribution in [0.2, 0.25) is 0 Å². The Morgan fingerprint density at radius 3 is 1.33 bits per heavy atom. The first-order chi connectivity index (χ1) is 7.21. The van der Waals surface area contributed by atoms with Gasteiger partial charge in [-0.2, -0.15) is 0 Å². The highest BCUT2D eigenvalue weighted by Gasteiger charge is 2.52. The van der Waals surface area contributed by atoms with Crippen molar-refractivity contribution in [3.05, 3.63) is 74.3 Å². The van der Waals surface area contributed by atoms with Gasteiger partial charge in [-0.05, 0) is 51.4 Å². The van der Waals surface area contributed by atoms with Gasteiger partial charge in [-0.1, -0.05) is 25.0 Å². The van der Waals surface area contributed by atoms with E-state index in [2.05, 4.69) is 65.2 Å². The van der Waals surface area contributed by atoms with E-state index in [0.717, 1.165) is 0 Å². The zero-order valence-electron chi connectivity index (χ0n) is 9.12. The standard InChI is InChI=1S/C15H14/c1-15(2)13(11-7-3-4-8-11)14(15)12-9-5-6-10-12/h3-10H,1-2H3. The SMILES string of the molecule is CC1(C)C([C]2[CH][CH][CH][CH]2)=C1[C]1[CH][CH][CH][CH]1. The smallest absolute Gasteiger partial charge is 0.00917 e. The maximum atomic E-state index is 2.30. The molecule has 2 fully saturated rings. The van der Waals surface area contributed by atoms with Gasteiger partial charge >= 0.3 is 0 Å². The van der Waals surface area contributed by atoms with E-state index in [0.29, 0.717) is 0 Å². The Morgan fingerprint density at radius 2 is 1.00 bits per heavy atom. The third kappa shape index (κ3) is 1.48. The molecule has 74 valence electrons. The summed E-state index contributed by atoms with van der Waals surface area (Å²) in [6.45, 7) is 4.61. The molecule has 0 aromatic carbocycles. The van der Waals surface area contributed by atoms with Crippen molar-refractivity contribution in [3.8, 4) is 0 Å². The van der Waals surface area contributed by atoms with E-state index in [4.69, 9.17) is 0 Å². The fourth-order valence-electron chi connectivity index (χ4n) is 2.56. The van der Waals surface area contributed by atoms with E-state index in [1.807, 2.05) is 0 Å². The minimum atomic E-state index is 0.267. The fourth-order valence-corrected chi connectivity index (χ4v) is 2.56. The molecule has 0 aliphatic heterocycles. The minimum absolute atomic E-state index is 0.267. The van der Waals surface area contributed by atoms with Crippen LogP contribution in [0.3, 0.4) is 0 Å². The Morgan fingerprint density at radius 1 is 0.667 bits per heavy atom. The Bertz CT molecular complexity index is 255. The van der Waals surface area contributed by atoms with Crippen molar-refractivity contribution in [1.82, 2.24) is 0 Å². The number of allylic oxidation sites excluding steroid dienone is 2. The van der Waals surface area contributed by atoms with Gasteiger partial charge in [-0.15, -0.1) is 0 Å². The Labute approximate surface area is 94.1 Å². The summed E-state index contributed by atoms with van der Waals surface area (Å²) in [6.07, 6.45) is 17.2. The van der Waals surface area contributed by atoms with Crippen molar-refractivity contribution >= 4 is 0 Å². The molecule has 3 aliphatic rings. The molecule has 15 heavy (non-hydrogen) atoms. The highest BCUT2D eigenvalue weighted by Crippen LogP contribution is 2.64. The van der Waals surface area contributed by atoms with Crippen molar-refractivity contribution in [1.29, 1.82) is 0 Å². The molecular formula is C15H14. The summed E-state index contributed by atoms with van der Waals surface area (Å²) in [7, 11) is 0. The topological polar surface area (TPSA) is 0 Å². The van der Waals surface area contributed by atoms with Gasteiger partial charge in [-0.25, -0.2) is 0 Å². The van der Waals surface area contributed by atoms with Crippen LogP contribution in [0.4, 0.5) is 0 Å². The van der Waals surface area contributed by atoms with Gasteiger partial charge in [-0.3, -0.25) is 0 Å². The van der Waals surface area contributed by atoms with Gasteiger partial charge in [0.1, 0.15) is 0 Å². The van der Waals surface area contributed by atoms with Crippen LogP contribution in [0.15, 0.2) is 11.1 Å². The normalized spacial score (nSPS) is 31.6. The van der Waals surface area contributed by atoms with Gasteiger partial charge in [0.15, 0.2) is 0 Å². The van der Waals surface area contributed by atoms with Crippen LogP contribution >= 0.6 is 0 Å². The van der Waals surface area contributed by atoms with Crippen molar-refractivity contribution in [3.63, 3.8) is 0 Å². The third-order valence-electron chi connectivity index (χ3n) is 3.34. The van der Waals surface area contributed by atoms with E-state index >= 15 is 0 Å². The molecule has 0 N–H and O–H groups in total. The molecule has 0 nitrogen and oxygen atoms in total. The van der Waals surface area contributed by atoms with E-state index in [9.17, 15) is 0 Å². The molecular weight excluding hydrogens is 180 g/mol. The Balaban J connectivity index is 1.79. The largest absolute Gasteiger partial charge is 0.0523 e. The summed E-state index contributed by atoms with van der Waals surface area (Å²) in [5.74, 6) is 2.77. The highest BCUT2D eigenvalue weighted by molar-refractivity contribution is 5.72. The molecule has 0 atom stereocenters. The molecule has 0 amide bonds. The maximum absolute atomic E-state index is 2.30. The molecule has 0 aromatic rings. The Hall–Kier alpha value is -0.260. The van der Waals surface area contributed by atoms with Gasteiger partial charge in [0, 0.05) is 17.3 Å². The van der Waals surface area contributed by atoms with Crippen LogP contribution in [0.25, 0.3) is 0 Å². The monoisotopic (exact) mass is 194 g/mol. The molecule has 0 aromatic heterocycles. The van der Waals surface area contributed by atoms with Crippen molar-refractivity contribution in [2.75, 3.05) is 0 Å². The summed E-state index contributed by atoms with van der Waals surface area (Å²) in [6, 6.07) is 0. The van der Waals surface area contributed by atoms with Crippen molar-refractivity contribution < 1.29 is 0 Å². The lowest BCUT2D eigenvalue weighted by Crippen LogP contribution is -2.01. The average Bonchev–Trinajstić information content (AvgIpc) is 2.78. The molecule has 0 heteroatoms. The third-order valence-corrected chi connectivity index (χ3v) is 3.34. The second-order valence-electron chi connectivity index (χ2n) is 4.72. The first-order valence-corrected chi connectivity index (χ1v) is 5.40. The number of rotatable bonds is 2. The second-order valence-corrected chi connectivity index (χ2v) is 4.72. The zero-order valence-corrected chi connectivity index (χ0v) is 9.12. The maximum Gasteiger partial charge on any atom is 0.00917 e. The summed E-state index contributed by atoms with van der Waals surface area (Å²) < 4.78 is 0. The molecule has 0 heterocycles. The highest BCUT2D eigenvalue weighted by atomic mass is 14.6. The zero-order chi connectivity index (χ0) is 10.5. The summed E-state index contributed by atoms with van der Waals surface area (Å²) in [5.41, 5.74) is 3.29. The predicted octanol–water partition coefficient (Wildman–Crippen LogP) is 3.13. The quantitative estimate of drug-likeness (QED) is 0.633. The van der Waals surface area contributed by atoms with Gasteiger partial charge in [0.2, 0.25) is 0 Å². The molecule has 2 saturated carbocycles. The van der Waals surface area contributed by atoms with E-state index in [1.165, 1.54) is 23.0 Å². The lowest BCUT2D eigenvalue weighted by Gasteiger charge is -2.11. The molecule has 0 saturated heterocycles. The second kappa shape index (κ2) is 3.37. The van der Waals surface area contributed by atoms with E-state index < -0.39 is 0 Å². The van der Waals surface area contributed by atoms with E-state index in [1.54, 1.807) is 0 Å². The van der Waals surface area contributed by atoms with Crippen LogP contribution in [-0.2, 0) is 0 Å². The molecule has 0 spiro atoms. The van der Waals surface area contributed by atoms with Gasteiger partial charge in [0.25, 0.3) is 0 Å². The lowest BCUT2D eigenvalue weighted by molar-refractivity contribution is 0.669. The summed E-state index contributed by atoms with van der Waals surface area (Å²) in [4.78, 5) is 0. The van der Waals surface area contributed by atoms with Crippen LogP contribution < -0.4 is 0 Å². The lowest BCUT2D eigenvalue weighted by atomic mass is 9.92. The summed E-state index contributed by atoms with van der Waals surface area (Å²) >= 11 is 0. The summed E-state index contributed by atoms with van der Waals surface area (Å²) in [5, 5.41) is 0. The first-order valence-electron chi connectivity index (χ1n) is 5.40. The van der Waals surface area contributed by atoms with Crippen LogP contribution in [0.5, 0.6) is 0 Å².